The second-order valence-electron chi connectivity index (χ2n) is 4.55. The van der Waals surface area contributed by atoms with E-state index in [4.69, 9.17) is 5.73 Å². The van der Waals surface area contributed by atoms with E-state index in [9.17, 15) is 4.39 Å². The van der Waals surface area contributed by atoms with E-state index in [-0.39, 0.29) is 5.92 Å². The van der Waals surface area contributed by atoms with Gasteiger partial charge in [-0.2, -0.15) is 11.8 Å². The summed E-state index contributed by atoms with van der Waals surface area (Å²) >= 11 is 1.92. The molecule has 1 aromatic carbocycles. The van der Waals surface area contributed by atoms with Crippen molar-refractivity contribution in [3.8, 4) is 0 Å². The summed E-state index contributed by atoms with van der Waals surface area (Å²) in [5.41, 5.74) is 5.82. The third-order valence-corrected chi connectivity index (χ3v) is 4.52. The molecule has 0 saturated carbocycles. The van der Waals surface area contributed by atoms with Gasteiger partial charge < -0.3 is 5.73 Å². The quantitative estimate of drug-likeness (QED) is 0.798. The number of para-hydroxylation sites is 1. The molecule has 0 amide bonds. The standard InChI is InChI=1S/C13H18FNS/c1-13(14,10-6-8-16-9-7-10)11-4-2-3-5-12(11)15/h2-5,10H,6-9,15H2,1H3. The molecule has 1 aromatic rings. The van der Waals surface area contributed by atoms with E-state index >= 15 is 0 Å². The summed E-state index contributed by atoms with van der Waals surface area (Å²) in [6.07, 6.45) is 1.90. The van der Waals surface area contributed by atoms with Gasteiger partial charge in [0.1, 0.15) is 5.67 Å². The normalized spacial score (nSPS) is 21.6. The van der Waals surface area contributed by atoms with Gasteiger partial charge in [-0.3, -0.25) is 0 Å². The summed E-state index contributed by atoms with van der Waals surface area (Å²) in [5, 5.41) is 0. The van der Waals surface area contributed by atoms with Crippen molar-refractivity contribution >= 4 is 17.4 Å². The summed E-state index contributed by atoms with van der Waals surface area (Å²) in [6, 6.07) is 7.31. The molecule has 0 aromatic heterocycles. The van der Waals surface area contributed by atoms with Gasteiger partial charge in [-0.15, -0.1) is 0 Å². The minimum absolute atomic E-state index is 0.110. The number of benzene rings is 1. The van der Waals surface area contributed by atoms with Crippen LogP contribution in [-0.4, -0.2) is 11.5 Å². The van der Waals surface area contributed by atoms with Crippen molar-refractivity contribution in [2.75, 3.05) is 17.2 Å². The van der Waals surface area contributed by atoms with Crippen LogP contribution in [0.2, 0.25) is 0 Å². The van der Waals surface area contributed by atoms with Gasteiger partial charge in [-0.1, -0.05) is 18.2 Å². The van der Waals surface area contributed by atoms with Crippen LogP contribution >= 0.6 is 11.8 Å². The van der Waals surface area contributed by atoms with Gasteiger partial charge in [-0.25, -0.2) is 4.39 Å². The van der Waals surface area contributed by atoms with Gasteiger partial charge in [0.05, 0.1) is 0 Å². The molecule has 1 saturated heterocycles. The zero-order valence-electron chi connectivity index (χ0n) is 9.58. The SMILES string of the molecule is CC(F)(c1ccccc1N)C1CCSCC1. The van der Waals surface area contributed by atoms with Crippen molar-refractivity contribution in [2.24, 2.45) is 5.92 Å². The average Bonchev–Trinajstić information content (AvgIpc) is 2.30. The predicted molar refractivity (Wildman–Crippen MR) is 69.4 cm³/mol. The number of alkyl halides is 1. The molecule has 0 aliphatic carbocycles. The van der Waals surface area contributed by atoms with Gasteiger partial charge in [-0.05, 0) is 43.3 Å². The molecule has 1 unspecified atom stereocenters. The van der Waals surface area contributed by atoms with Gasteiger partial charge >= 0.3 is 0 Å². The summed E-state index contributed by atoms with van der Waals surface area (Å²) < 4.78 is 14.9. The number of nitrogens with two attached hydrogens (primary N) is 1. The van der Waals surface area contributed by atoms with Crippen LogP contribution in [-0.2, 0) is 5.67 Å². The van der Waals surface area contributed by atoms with Crippen molar-refractivity contribution in [3.05, 3.63) is 29.8 Å². The Hall–Kier alpha value is -0.700. The highest BCUT2D eigenvalue weighted by molar-refractivity contribution is 7.99. The van der Waals surface area contributed by atoms with E-state index in [1.54, 1.807) is 13.0 Å². The number of thioether (sulfide) groups is 1. The van der Waals surface area contributed by atoms with Crippen LogP contribution in [0.25, 0.3) is 0 Å². The lowest BCUT2D eigenvalue weighted by atomic mass is 9.80. The first-order valence-corrected chi connectivity index (χ1v) is 6.89. The molecular weight excluding hydrogens is 221 g/mol. The monoisotopic (exact) mass is 239 g/mol. The molecule has 1 heterocycles. The van der Waals surface area contributed by atoms with E-state index in [1.165, 1.54) is 0 Å². The van der Waals surface area contributed by atoms with Crippen LogP contribution in [0.5, 0.6) is 0 Å². The lowest BCUT2D eigenvalue weighted by molar-refractivity contribution is 0.0946. The molecule has 88 valence electrons. The van der Waals surface area contributed by atoms with E-state index < -0.39 is 5.67 Å². The number of anilines is 1. The molecule has 0 bridgehead atoms. The highest BCUT2D eigenvalue weighted by atomic mass is 32.2. The van der Waals surface area contributed by atoms with Crippen LogP contribution in [0.1, 0.15) is 25.3 Å². The topological polar surface area (TPSA) is 26.0 Å². The van der Waals surface area contributed by atoms with Gasteiger partial charge in [0.2, 0.25) is 0 Å². The molecule has 2 rings (SSSR count). The predicted octanol–water partition coefficient (Wildman–Crippen LogP) is 3.60. The largest absolute Gasteiger partial charge is 0.398 e. The Morgan fingerprint density at radius 3 is 2.56 bits per heavy atom. The molecule has 16 heavy (non-hydrogen) atoms. The second-order valence-corrected chi connectivity index (χ2v) is 5.77. The van der Waals surface area contributed by atoms with E-state index in [2.05, 4.69) is 0 Å². The second kappa shape index (κ2) is 4.66. The summed E-state index contributed by atoms with van der Waals surface area (Å²) in [4.78, 5) is 0. The zero-order chi connectivity index (χ0) is 11.6. The molecule has 1 aliphatic rings. The molecule has 1 atom stereocenters. The van der Waals surface area contributed by atoms with Crippen LogP contribution in [0.3, 0.4) is 0 Å². The first-order valence-electron chi connectivity index (χ1n) is 5.74. The third kappa shape index (κ3) is 2.19. The molecule has 0 radical (unpaired) electrons. The fourth-order valence-electron chi connectivity index (χ4n) is 2.40. The Balaban J connectivity index is 2.26. The van der Waals surface area contributed by atoms with E-state index in [0.717, 1.165) is 24.3 Å². The van der Waals surface area contributed by atoms with Crippen molar-refractivity contribution in [2.45, 2.75) is 25.4 Å². The van der Waals surface area contributed by atoms with Gasteiger partial charge in [0.15, 0.2) is 0 Å². The van der Waals surface area contributed by atoms with Crippen molar-refractivity contribution < 1.29 is 4.39 Å². The minimum Gasteiger partial charge on any atom is -0.398 e. The number of hydrogen-bond acceptors (Lipinski definition) is 2. The average molecular weight is 239 g/mol. The van der Waals surface area contributed by atoms with Crippen LogP contribution in [0, 0.1) is 5.92 Å². The highest BCUT2D eigenvalue weighted by Gasteiger charge is 2.37. The number of halogens is 1. The Morgan fingerprint density at radius 2 is 1.94 bits per heavy atom. The zero-order valence-corrected chi connectivity index (χ0v) is 10.4. The Bertz CT molecular complexity index is 359. The summed E-state index contributed by atoms with van der Waals surface area (Å²) in [6.45, 7) is 1.68. The Kier molecular flexibility index (Phi) is 3.43. The van der Waals surface area contributed by atoms with Gasteiger partial charge in [0, 0.05) is 11.3 Å². The molecule has 0 spiro atoms. The lowest BCUT2D eigenvalue weighted by Crippen LogP contribution is -2.31. The molecule has 2 N–H and O–H groups in total. The number of rotatable bonds is 2. The molecule has 1 nitrogen and oxygen atoms in total. The lowest BCUT2D eigenvalue weighted by Gasteiger charge is -2.34. The fourth-order valence-corrected chi connectivity index (χ4v) is 3.51. The van der Waals surface area contributed by atoms with E-state index in [0.29, 0.717) is 11.3 Å². The van der Waals surface area contributed by atoms with Crippen LogP contribution < -0.4 is 5.73 Å². The van der Waals surface area contributed by atoms with Crippen molar-refractivity contribution in [1.82, 2.24) is 0 Å². The Labute approximate surface area is 101 Å². The van der Waals surface area contributed by atoms with Crippen molar-refractivity contribution in [1.29, 1.82) is 0 Å². The number of nitrogen functional groups attached to an aromatic ring is 1. The summed E-state index contributed by atoms with van der Waals surface area (Å²) in [7, 11) is 0. The molecule has 1 aliphatic heterocycles. The summed E-state index contributed by atoms with van der Waals surface area (Å²) in [5.74, 6) is 2.24. The third-order valence-electron chi connectivity index (χ3n) is 3.48. The van der Waals surface area contributed by atoms with Crippen molar-refractivity contribution in [3.63, 3.8) is 0 Å². The fraction of sp³-hybridized carbons (Fsp3) is 0.538. The maximum Gasteiger partial charge on any atom is 0.138 e. The molecule has 1 fully saturated rings. The number of hydrogen-bond donors (Lipinski definition) is 1. The van der Waals surface area contributed by atoms with E-state index in [1.807, 2.05) is 30.0 Å². The maximum absolute atomic E-state index is 14.9. The minimum atomic E-state index is -1.29. The van der Waals surface area contributed by atoms with Crippen LogP contribution in [0.15, 0.2) is 24.3 Å². The maximum atomic E-state index is 14.9. The molecule has 3 heteroatoms. The van der Waals surface area contributed by atoms with Gasteiger partial charge in [0.25, 0.3) is 0 Å². The first kappa shape index (κ1) is 11.8. The van der Waals surface area contributed by atoms with Crippen LogP contribution in [0.4, 0.5) is 10.1 Å². The highest BCUT2D eigenvalue weighted by Crippen LogP contribution is 2.43. The molecular formula is C13H18FNS. The Morgan fingerprint density at radius 1 is 1.31 bits per heavy atom. The smallest absolute Gasteiger partial charge is 0.138 e. The first-order chi connectivity index (χ1) is 7.62.